The molecule has 2 heterocycles. The Hall–Kier alpha value is -4.42. The van der Waals surface area contributed by atoms with Gasteiger partial charge in [-0.3, -0.25) is 4.79 Å². The van der Waals surface area contributed by atoms with Gasteiger partial charge in [-0.25, -0.2) is 17.6 Å². The summed E-state index contributed by atoms with van der Waals surface area (Å²) in [5.41, 5.74) is 3.61. The molecule has 2 atom stereocenters. The number of amides is 3. The van der Waals surface area contributed by atoms with Crippen molar-refractivity contribution in [3.05, 3.63) is 89.9 Å². The molecule has 12 heteroatoms. The number of piperazine rings is 1. The molecule has 3 amide bonds. The van der Waals surface area contributed by atoms with E-state index in [1.54, 1.807) is 29.2 Å². The first kappa shape index (κ1) is 32.0. The largest absolute Gasteiger partial charge is 0.368 e. The molecule has 10 nitrogen and oxygen atoms in total. The second kappa shape index (κ2) is 13.3. The molecule has 1 fully saturated rings. The Labute approximate surface area is 263 Å². The number of hydrogen-bond acceptors (Lipinski definition) is 6. The number of aromatic amines is 1. The molecule has 0 bridgehead atoms. The number of carbonyl (C=O) groups excluding carboxylic acids is 2. The van der Waals surface area contributed by atoms with Crippen LogP contribution in [0, 0.1) is 5.82 Å². The lowest BCUT2D eigenvalue weighted by Crippen LogP contribution is -2.56. The third kappa shape index (κ3) is 7.46. The normalized spacial score (nSPS) is 15.2. The summed E-state index contributed by atoms with van der Waals surface area (Å²) >= 11 is 0. The van der Waals surface area contributed by atoms with E-state index in [1.165, 1.54) is 18.2 Å². The molecule has 1 aliphatic heterocycles. The van der Waals surface area contributed by atoms with Gasteiger partial charge in [-0.15, -0.1) is 0 Å². The molecule has 0 aliphatic carbocycles. The number of anilines is 2. The molecule has 45 heavy (non-hydrogen) atoms. The fourth-order valence-corrected chi connectivity index (χ4v) is 6.61. The van der Waals surface area contributed by atoms with Gasteiger partial charge in [0, 0.05) is 67.7 Å². The predicted octanol–water partition coefficient (Wildman–Crippen LogP) is 4.41. The molecule has 1 aliphatic rings. The van der Waals surface area contributed by atoms with Gasteiger partial charge in [0.15, 0.2) is 9.84 Å². The Bertz CT molecular complexity index is 1780. The maximum Gasteiger partial charge on any atom is 0.318 e. The molecular formula is C33H39FN6O4S. The van der Waals surface area contributed by atoms with Gasteiger partial charge < -0.3 is 30.3 Å². The van der Waals surface area contributed by atoms with E-state index in [4.69, 9.17) is 0 Å². The van der Waals surface area contributed by atoms with Crippen LogP contribution in [0.25, 0.3) is 10.9 Å². The molecule has 0 unspecified atom stereocenters. The molecule has 0 radical (unpaired) electrons. The Morgan fingerprint density at radius 3 is 2.36 bits per heavy atom. The molecular weight excluding hydrogens is 595 g/mol. The Balaban J connectivity index is 1.41. The average Bonchev–Trinajstić information content (AvgIpc) is 3.43. The summed E-state index contributed by atoms with van der Waals surface area (Å²) < 4.78 is 38.7. The van der Waals surface area contributed by atoms with Gasteiger partial charge in [-0.05, 0) is 67.7 Å². The number of fused-ring (bicyclic) bond motifs is 1. The highest BCUT2D eigenvalue weighted by atomic mass is 32.2. The maximum atomic E-state index is 14.1. The number of para-hydroxylation sites is 1. The molecule has 4 aromatic rings. The molecule has 238 valence electrons. The summed E-state index contributed by atoms with van der Waals surface area (Å²) in [5, 5.41) is 6.73. The minimum atomic E-state index is -3.67. The summed E-state index contributed by atoms with van der Waals surface area (Å²) in [6, 6.07) is 17.4. The van der Waals surface area contributed by atoms with Crippen LogP contribution in [0.5, 0.6) is 0 Å². The van der Waals surface area contributed by atoms with Gasteiger partial charge >= 0.3 is 6.03 Å². The standard InChI is InChI=1S/C33H39FN6O4S/c1-22(27-20-35-28-8-6-5-7-26(27)28)31(32(41)36-29-19-23(21-38(2)3)9-14-30(29)45(4,43)44)37-33(42)40-17-15-39(16-18-40)25-12-10-24(34)11-13-25/h5-14,19-20,22,31,35H,15-18,21H2,1-4H3,(H,36,41)(H,37,42)/t22-,31-/m1/s1. The lowest BCUT2D eigenvalue weighted by Gasteiger charge is -2.37. The number of hydrogen-bond donors (Lipinski definition) is 3. The lowest BCUT2D eigenvalue weighted by atomic mass is 9.92. The van der Waals surface area contributed by atoms with Gasteiger partial charge in [0.1, 0.15) is 11.9 Å². The van der Waals surface area contributed by atoms with Crippen LogP contribution in [0.3, 0.4) is 0 Å². The van der Waals surface area contributed by atoms with E-state index in [0.29, 0.717) is 32.7 Å². The van der Waals surface area contributed by atoms with Crippen molar-refractivity contribution in [1.29, 1.82) is 0 Å². The van der Waals surface area contributed by atoms with Crippen molar-refractivity contribution in [2.45, 2.75) is 30.3 Å². The van der Waals surface area contributed by atoms with E-state index in [9.17, 15) is 22.4 Å². The van der Waals surface area contributed by atoms with Crippen LogP contribution in [-0.2, 0) is 21.2 Å². The summed E-state index contributed by atoms with van der Waals surface area (Å²) in [5.74, 6) is -1.31. The van der Waals surface area contributed by atoms with Crippen molar-refractivity contribution in [1.82, 2.24) is 20.1 Å². The second-order valence-electron chi connectivity index (χ2n) is 11.8. The van der Waals surface area contributed by atoms with Gasteiger partial charge in [-0.2, -0.15) is 0 Å². The first-order valence-electron chi connectivity index (χ1n) is 14.8. The van der Waals surface area contributed by atoms with E-state index in [1.807, 2.05) is 56.4 Å². The van der Waals surface area contributed by atoms with Crippen LogP contribution in [0.2, 0.25) is 0 Å². The van der Waals surface area contributed by atoms with Gasteiger partial charge in [0.05, 0.1) is 10.6 Å². The predicted molar refractivity (Wildman–Crippen MR) is 175 cm³/mol. The number of benzene rings is 3. The van der Waals surface area contributed by atoms with Crippen LogP contribution in [0.4, 0.5) is 20.6 Å². The number of halogens is 1. The Morgan fingerprint density at radius 1 is 1.00 bits per heavy atom. The van der Waals surface area contributed by atoms with Crippen molar-refractivity contribution in [2.24, 2.45) is 0 Å². The van der Waals surface area contributed by atoms with Crippen LogP contribution in [-0.4, -0.2) is 87.7 Å². The number of nitrogens with zero attached hydrogens (tertiary/aromatic N) is 3. The minimum absolute atomic E-state index is 0.0000880. The molecule has 1 saturated heterocycles. The Kier molecular flexibility index (Phi) is 9.45. The van der Waals surface area contributed by atoms with Gasteiger partial charge in [0.25, 0.3) is 0 Å². The number of rotatable bonds is 9. The fraction of sp³-hybridized carbons (Fsp3) is 0.333. The summed E-state index contributed by atoms with van der Waals surface area (Å²) in [6.45, 7) is 4.32. The third-order valence-electron chi connectivity index (χ3n) is 8.13. The van der Waals surface area contributed by atoms with Crippen molar-refractivity contribution >= 4 is 44.1 Å². The highest BCUT2D eigenvalue weighted by Gasteiger charge is 2.33. The molecule has 3 aromatic carbocycles. The van der Waals surface area contributed by atoms with Gasteiger partial charge in [-0.1, -0.05) is 31.2 Å². The number of sulfone groups is 1. The molecule has 0 spiro atoms. The molecule has 0 saturated carbocycles. The SMILES string of the molecule is C[C@H](c1c[nH]c2ccccc12)[C@@H](NC(=O)N1CCN(c2ccc(F)cc2)CC1)C(=O)Nc1cc(CN(C)C)ccc1S(C)(=O)=O. The lowest BCUT2D eigenvalue weighted by molar-refractivity contribution is -0.118. The van der Waals surface area contributed by atoms with E-state index < -0.39 is 33.7 Å². The van der Waals surface area contributed by atoms with Crippen molar-refractivity contribution in [3.63, 3.8) is 0 Å². The van der Waals surface area contributed by atoms with Crippen LogP contribution < -0.4 is 15.5 Å². The summed E-state index contributed by atoms with van der Waals surface area (Å²) in [4.78, 5) is 36.6. The zero-order valence-electron chi connectivity index (χ0n) is 25.9. The van der Waals surface area contributed by atoms with Crippen LogP contribution in [0.1, 0.15) is 24.0 Å². The zero-order valence-corrected chi connectivity index (χ0v) is 26.7. The van der Waals surface area contributed by atoms with Crippen LogP contribution >= 0.6 is 0 Å². The molecule has 1 aromatic heterocycles. The number of nitrogens with one attached hydrogen (secondary N) is 3. The number of carbonyl (C=O) groups is 2. The third-order valence-corrected chi connectivity index (χ3v) is 9.29. The molecule has 5 rings (SSSR count). The second-order valence-corrected chi connectivity index (χ2v) is 13.8. The van der Waals surface area contributed by atoms with E-state index in [0.717, 1.165) is 34.0 Å². The first-order valence-corrected chi connectivity index (χ1v) is 16.7. The number of H-pyrrole nitrogens is 1. The zero-order chi connectivity index (χ0) is 32.3. The summed E-state index contributed by atoms with van der Waals surface area (Å²) in [6.07, 6.45) is 2.94. The van der Waals surface area contributed by atoms with Crippen LogP contribution in [0.15, 0.2) is 77.8 Å². The quantitative estimate of drug-likeness (QED) is 0.251. The minimum Gasteiger partial charge on any atom is -0.368 e. The number of urea groups is 1. The highest BCUT2D eigenvalue weighted by Crippen LogP contribution is 2.30. The monoisotopic (exact) mass is 634 g/mol. The summed E-state index contributed by atoms with van der Waals surface area (Å²) in [7, 11) is 0.131. The smallest absolute Gasteiger partial charge is 0.318 e. The fourth-order valence-electron chi connectivity index (χ4n) is 5.78. The van der Waals surface area contributed by atoms with E-state index in [2.05, 4.69) is 20.5 Å². The number of aromatic nitrogens is 1. The topological polar surface area (TPSA) is 118 Å². The average molecular weight is 635 g/mol. The first-order chi connectivity index (χ1) is 21.4. The van der Waals surface area contributed by atoms with Gasteiger partial charge in [0.2, 0.25) is 5.91 Å². The van der Waals surface area contributed by atoms with Crippen molar-refractivity contribution in [2.75, 3.05) is 56.7 Å². The Morgan fingerprint density at radius 2 is 1.69 bits per heavy atom. The van der Waals surface area contributed by atoms with Crippen molar-refractivity contribution in [3.8, 4) is 0 Å². The van der Waals surface area contributed by atoms with Crippen molar-refractivity contribution < 1.29 is 22.4 Å². The van der Waals surface area contributed by atoms with E-state index in [-0.39, 0.29) is 16.4 Å². The molecule has 3 N–H and O–H groups in total. The van der Waals surface area contributed by atoms with E-state index >= 15 is 0 Å². The highest BCUT2D eigenvalue weighted by molar-refractivity contribution is 7.90. The maximum absolute atomic E-state index is 14.1.